The van der Waals surface area contributed by atoms with Gasteiger partial charge in [0.2, 0.25) is 0 Å². The molecule has 1 aliphatic rings. The molecule has 80 valence electrons. The van der Waals surface area contributed by atoms with Gasteiger partial charge < -0.3 is 5.11 Å². The van der Waals surface area contributed by atoms with Gasteiger partial charge in [0.25, 0.3) is 0 Å². The van der Waals surface area contributed by atoms with E-state index >= 15 is 0 Å². The van der Waals surface area contributed by atoms with Gasteiger partial charge in [0.05, 0.1) is 12.3 Å². The van der Waals surface area contributed by atoms with Crippen molar-refractivity contribution in [2.75, 3.05) is 24.7 Å². The minimum absolute atomic E-state index is 0.185. The molecule has 2 rings (SSSR count). The maximum atomic E-state index is 8.99. The van der Waals surface area contributed by atoms with E-state index in [1.54, 1.807) is 0 Å². The van der Waals surface area contributed by atoms with Crippen molar-refractivity contribution in [2.24, 2.45) is 0 Å². The predicted octanol–water partition coefficient (Wildman–Crippen LogP) is 1.62. The molecule has 0 bridgehead atoms. The Kier molecular flexibility index (Phi) is 3.04. The molecule has 0 saturated heterocycles. The Hall–Kier alpha value is -1.32. The summed E-state index contributed by atoms with van der Waals surface area (Å²) in [5.41, 5.74) is 2.37. The first-order chi connectivity index (χ1) is 7.33. The van der Waals surface area contributed by atoms with Crippen LogP contribution in [0.4, 0.5) is 5.69 Å². The zero-order chi connectivity index (χ0) is 10.7. The normalized spacial score (nSPS) is 16.9. The van der Waals surface area contributed by atoms with E-state index in [0.717, 1.165) is 12.2 Å². The van der Waals surface area contributed by atoms with E-state index in [4.69, 9.17) is 5.11 Å². The number of aliphatic hydroxyl groups excluding tert-OH is 1. The Morgan fingerprint density at radius 2 is 2.00 bits per heavy atom. The van der Waals surface area contributed by atoms with Gasteiger partial charge in [-0.2, -0.15) is 0 Å². The smallest absolute Gasteiger partial charge is 0.0577 e. The summed E-state index contributed by atoms with van der Waals surface area (Å²) in [6.45, 7) is 3.82. The standard InChI is InChI=1S/C12H16N2O/c1-11-7-8-13(9-10-15)14(11)12-5-3-2-4-6-12/h2-7,15H,8-10H2,1H3. The average molecular weight is 204 g/mol. The van der Waals surface area contributed by atoms with Gasteiger partial charge in [-0.05, 0) is 25.1 Å². The Bertz CT molecular complexity index is 348. The van der Waals surface area contributed by atoms with Crippen LogP contribution in [0.25, 0.3) is 0 Å². The van der Waals surface area contributed by atoms with Gasteiger partial charge in [-0.15, -0.1) is 0 Å². The summed E-state index contributed by atoms with van der Waals surface area (Å²) in [5, 5.41) is 13.3. The maximum absolute atomic E-state index is 8.99. The van der Waals surface area contributed by atoms with Crippen molar-refractivity contribution in [3.05, 3.63) is 42.1 Å². The predicted molar refractivity (Wildman–Crippen MR) is 61.3 cm³/mol. The maximum Gasteiger partial charge on any atom is 0.0577 e. The Morgan fingerprint density at radius 1 is 1.27 bits per heavy atom. The number of para-hydroxylation sites is 1. The Morgan fingerprint density at radius 3 is 2.67 bits per heavy atom. The van der Waals surface area contributed by atoms with Crippen LogP contribution in [0.15, 0.2) is 42.1 Å². The number of hydrazine groups is 1. The molecule has 0 aromatic heterocycles. The minimum atomic E-state index is 0.185. The number of allylic oxidation sites excluding steroid dienone is 1. The van der Waals surface area contributed by atoms with Gasteiger partial charge in [0.1, 0.15) is 0 Å². The molecule has 0 radical (unpaired) electrons. The number of rotatable bonds is 3. The lowest BCUT2D eigenvalue weighted by molar-refractivity contribution is 0.213. The van der Waals surface area contributed by atoms with Gasteiger partial charge in [0.15, 0.2) is 0 Å². The van der Waals surface area contributed by atoms with Crippen molar-refractivity contribution in [1.82, 2.24) is 5.01 Å². The molecule has 15 heavy (non-hydrogen) atoms. The lowest BCUT2D eigenvalue weighted by Gasteiger charge is -2.31. The summed E-state index contributed by atoms with van der Waals surface area (Å²) >= 11 is 0. The monoisotopic (exact) mass is 204 g/mol. The summed E-state index contributed by atoms with van der Waals surface area (Å²) in [7, 11) is 0. The number of anilines is 1. The second-order valence-corrected chi connectivity index (χ2v) is 3.63. The summed E-state index contributed by atoms with van der Waals surface area (Å²) < 4.78 is 0. The highest BCUT2D eigenvalue weighted by atomic mass is 16.3. The topological polar surface area (TPSA) is 26.7 Å². The molecule has 1 aromatic carbocycles. The van der Waals surface area contributed by atoms with Gasteiger partial charge in [-0.25, -0.2) is 5.01 Å². The molecule has 1 N–H and O–H groups in total. The van der Waals surface area contributed by atoms with Crippen molar-refractivity contribution in [1.29, 1.82) is 0 Å². The van der Waals surface area contributed by atoms with Crippen molar-refractivity contribution in [3.8, 4) is 0 Å². The van der Waals surface area contributed by atoms with Gasteiger partial charge in [0, 0.05) is 18.8 Å². The van der Waals surface area contributed by atoms with Gasteiger partial charge in [-0.1, -0.05) is 18.2 Å². The molecule has 1 aromatic rings. The first-order valence-electron chi connectivity index (χ1n) is 5.20. The van der Waals surface area contributed by atoms with Crippen LogP contribution in [0.2, 0.25) is 0 Å². The third-order valence-electron chi connectivity index (χ3n) is 2.57. The van der Waals surface area contributed by atoms with Crippen molar-refractivity contribution in [3.63, 3.8) is 0 Å². The SMILES string of the molecule is CC1=CCN(CCO)N1c1ccccc1. The molecular weight excluding hydrogens is 188 g/mol. The third-order valence-corrected chi connectivity index (χ3v) is 2.57. The molecule has 0 spiro atoms. The Balaban J connectivity index is 2.22. The highest BCUT2D eigenvalue weighted by molar-refractivity contribution is 5.51. The van der Waals surface area contributed by atoms with Crippen LogP contribution in [0.5, 0.6) is 0 Å². The highest BCUT2D eigenvalue weighted by Crippen LogP contribution is 2.24. The molecule has 3 nitrogen and oxygen atoms in total. The molecule has 1 heterocycles. The quantitative estimate of drug-likeness (QED) is 0.810. The zero-order valence-electron chi connectivity index (χ0n) is 8.93. The van der Waals surface area contributed by atoms with E-state index in [-0.39, 0.29) is 6.61 Å². The van der Waals surface area contributed by atoms with E-state index in [9.17, 15) is 0 Å². The van der Waals surface area contributed by atoms with Crippen LogP contribution in [0.1, 0.15) is 6.92 Å². The number of benzene rings is 1. The molecule has 0 unspecified atom stereocenters. The zero-order valence-corrected chi connectivity index (χ0v) is 8.93. The second kappa shape index (κ2) is 4.47. The summed E-state index contributed by atoms with van der Waals surface area (Å²) in [4.78, 5) is 0. The third kappa shape index (κ3) is 2.03. The van der Waals surface area contributed by atoms with Gasteiger partial charge in [-0.3, -0.25) is 5.01 Å². The van der Waals surface area contributed by atoms with Crippen LogP contribution in [-0.4, -0.2) is 29.8 Å². The van der Waals surface area contributed by atoms with E-state index in [1.807, 2.05) is 18.2 Å². The van der Waals surface area contributed by atoms with Crippen molar-refractivity contribution < 1.29 is 5.11 Å². The van der Waals surface area contributed by atoms with E-state index < -0.39 is 0 Å². The number of hydrogen-bond acceptors (Lipinski definition) is 3. The molecule has 1 aliphatic heterocycles. The van der Waals surface area contributed by atoms with E-state index in [1.165, 1.54) is 5.70 Å². The molecule has 0 aliphatic carbocycles. The fourth-order valence-electron chi connectivity index (χ4n) is 1.87. The average Bonchev–Trinajstić information content (AvgIpc) is 2.62. The first kappa shape index (κ1) is 10.2. The van der Waals surface area contributed by atoms with Crippen LogP contribution in [0, 0.1) is 0 Å². The Labute approximate surface area is 90.2 Å². The summed E-state index contributed by atoms with van der Waals surface area (Å²) in [6.07, 6.45) is 2.17. The number of hydrogen-bond donors (Lipinski definition) is 1. The first-order valence-corrected chi connectivity index (χ1v) is 5.20. The molecule has 0 amide bonds. The molecule has 0 atom stereocenters. The fourth-order valence-corrected chi connectivity index (χ4v) is 1.87. The van der Waals surface area contributed by atoms with Crippen LogP contribution >= 0.6 is 0 Å². The molecule has 3 heteroatoms. The van der Waals surface area contributed by atoms with Crippen molar-refractivity contribution >= 4 is 5.69 Å². The van der Waals surface area contributed by atoms with Crippen LogP contribution in [0.3, 0.4) is 0 Å². The second-order valence-electron chi connectivity index (χ2n) is 3.63. The molecular formula is C12H16N2O. The largest absolute Gasteiger partial charge is 0.395 e. The fraction of sp³-hybridized carbons (Fsp3) is 0.333. The number of aliphatic hydroxyl groups is 1. The summed E-state index contributed by atoms with van der Waals surface area (Å²) in [6, 6.07) is 10.2. The lowest BCUT2D eigenvalue weighted by Crippen LogP contribution is -2.38. The number of β-amino-alcohol motifs (C(OH)–C–C–N with tert-alkyl or cyclic N) is 1. The van der Waals surface area contributed by atoms with Crippen LogP contribution in [-0.2, 0) is 0 Å². The van der Waals surface area contributed by atoms with Gasteiger partial charge >= 0.3 is 0 Å². The van der Waals surface area contributed by atoms with E-state index in [2.05, 4.69) is 35.2 Å². The molecule has 0 saturated carbocycles. The minimum Gasteiger partial charge on any atom is -0.395 e. The van der Waals surface area contributed by atoms with Crippen molar-refractivity contribution in [2.45, 2.75) is 6.92 Å². The van der Waals surface area contributed by atoms with Crippen LogP contribution < -0.4 is 5.01 Å². The molecule has 0 fully saturated rings. The lowest BCUT2D eigenvalue weighted by atomic mass is 10.3. The van der Waals surface area contributed by atoms with E-state index in [0.29, 0.717) is 6.54 Å². The highest BCUT2D eigenvalue weighted by Gasteiger charge is 2.21. The summed E-state index contributed by atoms with van der Waals surface area (Å²) in [5.74, 6) is 0. The number of nitrogens with zero attached hydrogens (tertiary/aromatic N) is 2.